The number of carbonyl (C=O) groups is 1. The molecule has 0 aliphatic rings. The summed E-state index contributed by atoms with van der Waals surface area (Å²) in [5.41, 5.74) is 1.84. The number of aromatic nitrogens is 4. The van der Waals surface area contributed by atoms with Crippen LogP contribution in [0.5, 0.6) is 5.75 Å². The minimum absolute atomic E-state index is 0.170. The Kier molecular flexibility index (Phi) is 6.72. The van der Waals surface area contributed by atoms with Crippen molar-refractivity contribution in [3.63, 3.8) is 0 Å². The topological polar surface area (TPSA) is 84.8 Å². The van der Waals surface area contributed by atoms with Crippen LogP contribution in [-0.2, 0) is 17.8 Å². The van der Waals surface area contributed by atoms with E-state index in [1.54, 1.807) is 30.0 Å². The normalized spacial score (nSPS) is 10.8. The summed E-state index contributed by atoms with van der Waals surface area (Å²) in [5.74, 6) is 0.965. The lowest BCUT2D eigenvalue weighted by atomic mass is 10.1. The highest BCUT2D eigenvalue weighted by molar-refractivity contribution is 7.71. The summed E-state index contributed by atoms with van der Waals surface area (Å²) in [6.45, 7) is 0.371. The van der Waals surface area contributed by atoms with Gasteiger partial charge in [-0.3, -0.25) is 14.5 Å². The first-order valence-electron chi connectivity index (χ1n) is 9.80. The van der Waals surface area contributed by atoms with Crippen LogP contribution in [0.4, 0.5) is 9.52 Å². The van der Waals surface area contributed by atoms with Crippen molar-refractivity contribution in [2.75, 3.05) is 12.4 Å². The lowest BCUT2D eigenvalue weighted by Crippen LogP contribution is -2.15. The van der Waals surface area contributed by atoms with Gasteiger partial charge in [0.15, 0.2) is 15.7 Å². The molecule has 2 aromatic carbocycles. The maximum absolute atomic E-state index is 13.0. The number of benzene rings is 2. The van der Waals surface area contributed by atoms with E-state index in [1.807, 2.05) is 24.3 Å². The minimum Gasteiger partial charge on any atom is -0.497 e. The Hall–Kier alpha value is -3.37. The van der Waals surface area contributed by atoms with Crippen LogP contribution in [0.3, 0.4) is 0 Å². The van der Waals surface area contributed by atoms with Crippen LogP contribution in [0.15, 0.2) is 54.7 Å². The number of H-pyrrole nitrogens is 1. The predicted octanol–water partition coefficient (Wildman–Crippen LogP) is 4.83. The van der Waals surface area contributed by atoms with E-state index < -0.39 is 0 Å². The first-order valence-corrected chi connectivity index (χ1v) is 11.0. The summed E-state index contributed by atoms with van der Waals surface area (Å²) in [5, 5.41) is 10.4. The van der Waals surface area contributed by atoms with Gasteiger partial charge in [0.2, 0.25) is 5.91 Å². The van der Waals surface area contributed by atoms with Gasteiger partial charge < -0.3 is 10.1 Å². The van der Waals surface area contributed by atoms with E-state index in [4.69, 9.17) is 17.0 Å². The second-order valence-corrected chi connectivity index (χ2v) is 8.47. The van der Waals surface area contributed by atoms with E-state index in [9.17, 15) is 9.18 Å². The van der Waals surface area contributed by atoms with Crippen LogP contribution >= 0.6 is 23.6 Å². The Morgan fingerprint density at radius 2 is 1.97 bits per heavy atom. The summed E-state index contributed by atoms with van der Waals surface area (Å²) >= 11 is 6.73. The van der Waals surface area contributed by atoms with Gasteiger partial charge in [-0.1, -0.05) is 12.1 Å². The molecule has 32 heavy (non-hydrogen) atoms. The maximum Gasteiger partial charge on any atom is 0.227 e. The van der Waals surface area contributed by atoms with Gasteiger partial charge in [-0.2, -0.15) is 5.10 Å². The highest BCUT2D eigenvalue weighted by atomic mass is 32.1. The van der Waals surface area contributed by atoms with Gasteiger partial charge in [-0.25, -0.2) is 9.37 Å². The van der Waals surface area contributed by atoms with Crippen molar-refractivity contribution in [3.8, 4) is 17.1 Å². The monoisotopic (exact) mass is 469 g/mol. The summed E-state index contributed by atoms with van der Waals surface area (Å²) in [6.07, 6.45) is 2.56. The summed E-state index contributed by atoms with van der Waals surface area (Å²) in [4.78, 5) is 17.7. The molecule has 0 unspecified atom stereocenters. The number of aromatic amines is 1. The highest BCUT2D eigenvalue weighted by Crippen LogP contribution is 2.23. The van der Waals surface area contributed by atoms with Gasteiger partial charge in [0.1, 0.15) is 11.6 Å². The molecule has 0 atom stereocenters. The van der Waals surface area contributed by atoms with Crippen LogP contribution in [0, 0.1) is 10.6 Å². The Bertz CT molecular complexity index is 1260. The van der Waals surface area contributed by atoms with Gasteiger partial charge in [-0.15, -0.1) is 11.3 Å². The molecule has 0 saturated heterocycles. The molecule has 10 heteroatoms. The molecule has 0 fully saturated rings. The second-order valence-electron chi connectivity index (χ2n) is 6.97. The third-order valence-corrected chi connectivity index (χ3v) is 5.98. The molecule has 0 aliphatic heterocycles. The lowest BCUT2D eigenvalue weighted by Gasteiger charge is -2.07. The van der Waals surface area contributed by atoms with E-state index in [-0.39, 0.29) is 18.1 Å². The number of hydrogen-bond acceptors (Lipinski definition) is 6. The zero-order valence-corrected chi connectivity index (χ0v) is 18.8. The standard InChI is InChI=1S/C22H20FN5O2S2/c1-30-17-8-4-15(5-9-17)20-26-27-22(31)28(20)11-10-19(29)25-21-24-13-18(32-21)12-14-2-6-16(23)7-3-14/h2-9,13H,10-12H2,1H3,(H,27,31)(H,24,25,29). The van der Waals surface area contributed by atoms with E-state index in [1.165, 1.54) is 23.5 Å². The van der Waals surface area contributed by atoms with Crippen molar-refractivity contribution < 1.29 is 13.9 Å². The fourth-order valence-electron chi connectivity index (χ4n) is 3.13. The van der Waals surface area contributed by atoms with E-state index >= 15 is 0 Å². The number of methoxy groups -OCH3 is 1. The Balaban J connectivity index is 1.36. The molecular weight excluding hydrogens is 449 g/mol. The SMILES string of the molecule is COc1ccc(-c2n[nH]c(=S)n2CCC(=O)Nc2ncc(Cc3ccc(F)cc3)s2)cc1. The fraction of sp³-hybridized carbons (Fsp3) is 0.182. The number of nitrogens with one attached hydrogen (secondary N) is 2. The largest absolute Gasteiger partial charge is 0.497 e. The molecule has 2 N–H and O–H groups in total. The van der Waals surface area contributed by atoms with E-state index in [2.05, 4.69) is 20.5 Å². The smallest absolute Gasteiger partial charge is 0.227 e. The van der Waals surface area contributed by atoms with Crippen LogP contribution in [0.25, 0.3) is 11.4 Å². The third-order valence-electron chi connectivity index (χ3n) is 4.76. The molecule has 4 aromatic rings. The van der Waals surface area contributed by atoms with Crippen molar-refractivity contribution in [1.82, 2.24) is 19.7 Å². The molecule has 0 spiro atoms. The van der Waals surface area contributed by atoms with Crippen LogP contribution < -0.4 is 10.1 Å². The number of thiazole rings is 1. The molecule has 164 valence electrons. The summed E-state index contributed by atoms with van der Waals surface area (Å²) in [7, 11) is 1.61. The van der Waals surface area contributed by atoms with Crippen molar-refractivity contribution >= 4 is 34.6 Å². The van der Waals surface area contributed by atoms with Crippen LogP contribution in [0.1, 0.15) is 16.9 Å². The van der Waals surface area contributed by atoms with Crippen LogP contribution in [-0.4, -0.2) is 32.8 Å². The molecule has 4 rings (SSSR count). The Labute approximate surface area is 192 Å². The first kappa shape index (κ1) is 21.8. The third kappa shape index (κ3) is 5.27. The van der Waals surface area contributed by atoms with E-state index in [0.717, 1.165) is 21.8 Å². The highest BCUT2D eigenvalue weighted by Gasteiger charge is 2.12. The predicted molar refractivity (Wildman–Crippen MR) is 124 cm³/mol. The number of ether oxygens (including phenoxy) is 1. The zero-order valence-electron chi connectivity index (χ0n) is 17.2. The van der Waals surface area contributed by atoms with E-state index in [0.29, 0.717) is 28.7 Å². The maximum atomic E-state index is 13.0. The average Bonchev–Trinajstić information content (AvgIpc) is 3.39. The van der Waals surface area contributed by atoms with Crippen molar-refractivity contribution in [2.24, 2.45) is 0 Å². The zero-order chi connectivity index (χ0) is 22.5. The van der Waals surface area contributed by atoms with Gasteiger partial charge in [0.25, 0.3) is 0 Å². The average molecular weight is 470 g/mol. The fourth-order valence-corrected chi connectivity index (χ4v) is 4.22. The Morgan fingerprint density at radius 3 is 2.69 bits per heavy atom. The van der Waals surface area contributed by atoms with Crippen LogP contribution in [0.2, 0.25) is 0 Å². The molecule has 0 aliphatic carbocycles. The second kappa shape index (κ2) is 9.84. The molecule has 2 aromatic heterocycles. The molecule has 0 bridgehead atoms. The van der Waals surface area contributed by atoms with Crippen molar-refractivity contribution in [3.05, 3.63) is 75.8 Å². The molecule has 1 amide bonds. The molecule has 0 radical (unpaired) electrons. The van der Waals surface area contributed by atoms with Gasteiger partial charge in [0.05, 0.1) is 7.11 Å². The van der Waals surface area contributed by atoms with Crippen molar-refractivity contribution in [2.45, 2.75) is 19.4 Å². The number of carbonyl (C=O) groups excluding carboxylic acids is 1. The lowest BCUT2D eigenvalue weighted by molar-refractivity contribution is -0.116. The molecule has 0 saturated carbocycles. The summed E-state index contributed by atoms with van der Waals surface area (Å²) < 4.78 is 20.5. The van der Waals surface area contributed by atoms with Crippen molar-refractivity contribution in [1.29, 1.82) is 0 Å². The molecular formula is C22H20FN5O2S2. The number of nitrogens with zero attached hydrogens (tertiary/aromatic N) is 3. The molecule has 7 nitrogen and oxygen atoms in total. The quantitative estimate of drug-likeness (QED) is 0.361. The van der Waals surface area contributed by atoms with Gasteiger partial charge >= 0.3 is 0 Å². The Morgan fingerprint density at radius 1 is 1.22 bits per heavy atom. The number of amides is 1. The number of halogens is 1. The number of anilines is 1. The molecule has 2 heterocycles. The number of hydrogen-bond donors (Lipinski definition) is 2. The minimum atomic E-state index is -0.265. The van der Waals surface area contributed by atoms with Gasteiger partial charge in [-0.05, 0) is 54.2 Å². The number of rotatable bonds is 8. The first-order chi connectivity index (χ1) is 15.5. The van der Waals surface area contributed by atoms with Gasteiger partial charge in [0, 0.05) is 36.0 Å². The summed E-state index contributed by atoms with van der Waals surface area (Å²) in [6, 6.07) is 13.8.